The van der Waals surface area contributed by atoms with E-state index in [0.29, 0.717) is 0 Å². The predicted molar refractivity (Wildman–Crippen MR) is 53.7 cm³/mol. The summed E-state index contributed by atoms with van der Waals surface area (Å²) in [5, 5.41) is 1.19. The van der Waals surface area contributed by atoms with Gasteiger partial charge in [-0.15, -0.1) is 0 Å². The van der Waals surface area contributed by atoms with Crippen molar-refractivity contribution in [3.05, 3.63) is 33.6 Å². The molecule has 2 rings (SSSR count). The zero-order chi connectivity index (χ0) is 7.84. The first kappa shape index (κ1) is 7.16. The maximum absolute atomic E-state index is 5.49. The summed E-state index contributed by atoms with van der Waals surface area (Å²) >= 11 is 2.28. The normalized spacial score (nSPS) is 10.7. The van der Waals surface area contributed by atoms with Crippen LogP contribution in [0.5, 0.6) is 0 Å². The molecule has 1 nitrogen and oxygen atoms in total. The zero-order valence-corrected chi connectivity index (χ0v) is 8.25. The Morgan fingerprint density at radius 2 is 2.18 bits per heavy atom. The summed E-state index contributed by atoms with van der Waals surface area (Å²) in [7, 11) is 0. The maximum atomic E-state index is 5.49. The molecular weight excluding hydrogens is 251 g/mol. The number of fused-ring (bicyclic) bond motifs is 1. The fourth-order valence-corrected chi connectivity index (χ4v) is 1.79. The van der Waals surface area contributed by atoms with Gasteiger partial charge in [-0.2, -0.15) is 0 Å². The smallest absolute Gasteiger partial charge is 0.147 e. The van der Waals surface area contributed by atoms with Gasteiger partial charge >= 0.3 is 0 Å². The van der Waals surface area contributed by atoms with Crippen LogP contribution in [0.15, 0.2) is 28.7 Å². The molecule has 0 saturated heterocycles. The number of aryl methyl sites for hydroxylation is 1. The van der Waals surface area contributed by atoms with Crippen LogP contribution in [-0.4, -0.2) is 0 Å². The quantitative estimate of drug-likeness (QED) is 0.660. The summed E-state index contributed by atoms with van der Waals surface area (Å²) in [5.74, 6) is 0.976. The third-order valence-electron chi connectivity index (χ3n) is 1.62. The van der Waals surface area contributed by atoms with E-state index in [1.165, 1.54) is 8.96 Å². The summed E-state index contributed by atoms with van der Waals surface area (Å²) < 4.78 is 6.67. The first-order chi connectivity index (χ1) is 5.27. The minimum Gasteiger partial charge on any atom is -0.460 e. The molecule has 0 aliphatic heterocycles. The molecule has 0 bridgehead atoms. The molecule has 0 spiro atoms. The fraction of sp³-hybridized carbons (Fsp3) is 0.111. The third kappa shape index (κ3) is 1.15. The average molecular weight is 258 g/mol. The van der Waals surface area contributed by atoms with E-state index in [1.54, 1.807) is 0 Å². The Kier molecular flexibility index (Phi) is 1.64. The molecule has 0 saturated carbocycles. The zero-order valence-electron chi connectivity index (χ0n) is 6.10. The molecule has 2 heteroatoms. The van der Waals surface area contributed by atoms with Crippen LogP contribution in [0.25, 0.3) is 11.0 Å². The van der Waals surface area contributed by atoms with Crippen LogP contribution >= 0.6 is 22.6 Å². The summed E-state index contributed by atoms with van der Waals surface area (Å²) in [6, 6.07) is 8.20. The van der Waals surface area contributed by atoms with E-state index >= 15 is 0 Å². The molecule has 0 aliphatic carbocycles. The number of halogens is 1. The van der Waals surface area contributed by atoms with Gasteiger partial charge in [0.05, 0.1) is 3.57 Å². The van der Waals surface area contributed by atoms with E-state index in [9.17, 15) is 0 Å². The van der Waals surface area contributed by atoms with E-state index in [1.807, 2.05) is 19.1 Å². The van der Waals surface area contributed by atoms with Crippen LogP contribution in [0, 0.1) is 10.5 Å². The second-order valence-electron chi connectivity index (χ2n) is 2.52. The Morgan fingerprint density at radius 1 is 1.36 bits per heavy atom. The number of hydrogen-bond donors (Lipinski definition) is 0. The molecule has 56 valence electrons. The van der Waals surface area contributed by atoms with Crippen LogP contribution in [0.2, 0.25) is 0 Å². The third-order valence-corrected chi connectivity index (χ3v) is 2.47. The van der Waals surface area contributed by atoms with Gasteiger partial charge < -0.3 is 4.42 Å². The number of benzene rings is 1. The summed E-state index contributed by atoms with van der Waals surface area (Å²) in [6.45, 7) is 1.97. The largest absolute Gasteiger partial charge is 0.460 e. The number of furan rings is 1. The van der Waals surface area contributed by atoms with Gasteiger partial charge in [0.15, 0.2) is 0 Å². The Bertz CT molecular complexity index is 389. The van der Waals surface area contributed by atoms with Gasteiger partial charge in [-0.1, -0.05) is 12.1 Å². The monoisotopic (exact) mass is 258 g/mol. The van der Waals surface area contributed by atoms with Crippen molar-refractivity contribution >= 4 is 33.6 Å². The lowest BCUT2D eigenvalue weighted by atomic mass is 10.2. The first-order valence-electron chi connectivity index (χ1n) is 3.42. The van der Waals surface area contributed by atoms with Crippen molar-refractivity contribution in [3.63, 3.8) is 0 Å². The molecule has 0 aliphatic rings. The van der Waals surface area contributed by atoms with Crippen molar-refractivity contribution < 1.29 is 4.42 Å². The van der Waals surface area contributed by atoms with E-state index in [4.69, 9.17) is 4.42 Å². The van der Waals surface area contributed by atoms with Crippen LogP contribution in [0.3, 0.4) is 0 Å². The molecule has 1 aromatic heterocycles. The topological polar surface area (TPSA) is 13.1 Å². The van der Waals surface area contributed by atoms with Gasteiger partial charge in [0.2, 0.25) is 0 Å². The molecule has 2 aromatic rings. The number of hydrogen-bond acceptors (Lipinski definition) is 1. The van der Waals surface area contributed by atoms with E-state index in [2.05, 4.69) is 34.7 Å². The van der Waals surface area contributed by atoms with Gasteiger partial charge in [0.1, 0.15) is 11.3 Å². The minimum atomic E-state index is 0.976. The van der Waals surface area contributed by atoms with Crippen molar-refractivity contribution in [2.45, 2.75) is 6.92 Å². The Hall–Kier alpha value is -0.510. The van der Waals surface area contributed by atoms with Crippen molar-refractivity contribution in [2.24, 2.45) is 0 Å². The molecular formula is C9H7IO. The number of rotatable bonds is 0. The van der Waals surface area contributed by atoms with Gasteiger partial charge in [0.25, 0.3) is 0 Å². The van der Waals surface area contributed by atoms with Crippen molar-refractivity contribution in [3.8, 4) is 0 Å². The van der Waals surface area contributed by atoms with Gasteiger partial charge in [-0.05, 0) is 41.6 Å². The summed E-state index contributed by atoms with van der Waals surface area (Å²) in [4.78, 5) is 0. The lowest BCUT2D eigenvalue weighted by Gasteiger charge is -1.89. The Labute approximate surface area is 78.5 Å². The summed E-state index contributed by atoms with van der Waals surface area (Å²) in [5.41, 5.74) is 1.01. The van der Waals surface area contributed by atoms with E-state index < -0.39 is 0 Å². The van der Waals surface area contributed by atoms with E-state index in [0.717, 1.165) is 11.3 Å². The fourth-order valence-electron chi connectivity index (χ4n) is 1.16. The maximum Gasteiger partial charge on any atom is 0.147 e. The van der Waals surface area contributed by atoms with Crippen LogP contribution in [-0.2, 0) is 0 Å². The molecule has 1 aromatic carbocycles. The lowest BCUT2D eigenvalue weighted by molar-refractivity contribution is 0.577. The van der Waals surface area contributed by atoms with E-state index in [-0.39, 0.29) is 0 Å². The Morgan fingerprint density at radius 3 is 2.91 bits per heavy atom. The van der Waals surface area contributed by atoms with Crippen LogP contribution < -0.4 is 0 Å². The molecule has 0 fully saturated rings. The van der Waals surface area contributed by atoms with Gasteiger partial charge in [-0.25, -0.2) is 0 Å². The highest BCUT2D eigenvalue weighted by atomic mass is 127. The predicted octanol–water partition coefficient (Wildman–Crippen LogP) is 3.35. The highest BCUT2D eigenvalue weighted by Crippen LogP contribution is 2.23. The first-order valence-corrected chi connectivity index (χ1v) is 4.50. The minimum absolute atomic E-state index is 0.976. The number of para-hydroxylation sites is 1. The molecule has 11 heavy (non-hydrogen) atoms. The van der Waals surface area contributed by atoms with Crippen molar-refractivity contribution in [2.75, 3.05) is 0 Å². The second-order valence-corrected chi connectivity index (χ2v) is 3.68. The molecule has 0 radical (unpaired) electrons. The SMILES string of the molecule is Cc1cc2cccc(I)c2o1. The highest BCUT2D eigenvalue weighted by molar-refractivity contribution is 14.1. The summed E-state index contributed by atoms with van der Waals surface area (Å²) in [6.07, 6.45) is 0. The molecule has 0 N–H and O–H groups in total. The highest BCUT2D eigenvalue weighted by Gasteiger charge is 2.01. The second kappa shape index (κ2) is 2.52. The van der Waals surface area contributed by atoms with Crippen LogP contribution in [0.4, 0.5) is 0 Å². The Balaban J connectivity index is 2.90. The van der Waals surface area contributed by atoms with Gasteiger partial charge in [-0.3, -0.25) is 0 Å². The molecule has 0 amide bonds. The average Bonchev–Trinajstić information content (AvgIpc) is 2.31. The lowest BCUT2D eigenvalue weighted by Crippen LogP contribution is -1.68. The molecule has 0 unspecified atom stereocenters. The van der Waals surface area contributed by atoms with Crippen molar-refractivity contribution in [1.29, 1.82) is 0 Å². The van der Waals surface area contributed by atoms with Gasteiger partial charge in [0, 0.05) is 5.39 Å². The molecule has 0 atom stereocenters. The van der Waals surface area contributed by atoms with Crippen LogP contribution in [0.1, 0.15) is 5.76 Å². The molecule has 1 heterocycles. The standard InChI is InChI=1S/C9H7IO/c1-6-5-7-3-2-4-8(10)9(7)11-6/h2-5H,1H3. The van der Waals surface area contributed by atoms with Crippen molar-refractivity contribution in [1.82, 2.24) is 0 Å².